The second-order valence-electron chi connectivity index (χ2n) is 3.12. The van der Waals surface area contributed by atoms with Crippen LogP contribution in [0.25, 0.3) is 0 Å². The lowest BCUT2D eigenvalue weighted by molar-refractivity contribution is -0.120. The van der Waals surface area contributed by atoms with Crippen LogP contribution in [-0.2, 0) is 4.79 Å². The monoisotopic (exact) mass is 188 g/mol. The Bertz CT molecular complexity index is 123. The first-order chi connectivity index (χ1) is 5.72. The SMILES string of the molecule is CCCSCC[C@H](CC)C(C)=O. The van der Waals surface area contributed by atoms with Gasteiger partial charge in [0, 0.05) is 5.92 Å². The molecule has 0 aliphatic heterocycles. The predicted octanol–water partition coefficient (Wildman–Crippen LogP) is 3.13. The second kappa shape index (κ2) is 7.66. The van der Waals surface area contributed by atoms with Gasteiger partial charge < -0.3 is 0 Å². The summed E-state index contributed by atoms with van der Waals surface area (Å²) in [5.74, 6) is 3.05. The maximum atomic E-state index is 11.0. The molecule has 0 fully saturated rings. The average Bonchev–Trinajstić information content (AvgIpc) is 2.04. The summed E-state index contributed by atoms with van der Waals surface area (Å²) in [6.07, 6.45) is 3.31. The first-order valence-corrected chi connectivity index (χ1v) is 5.96. The molecule has 0 aromatic rings. The minimum Gasteiger partial charge on any atom is -0.300 e. The van der Waals surface area contributed by atoms with Crippen molar-refractivity contribution in [1.29, 1.82) is 0 Å². The van der Waals surface area contributed by atoms with Gasteiger partial charge >= 0.3 is 0 Å². The van der Waals surface area contributed by atoms with Gasteiger partial charge in [0.05, 0.1) is 0 Å². The molecular formula is C10H20OS. The second-order valence-corrected chi connectivity index (χ2v) is 4.34. The van der Waals surface area contributed by atoms with E-state index < -0.39 is 0 Å². The zero-order valence-corrected chi connectivity index (χ0v) is 9.25. The van der Waals surface area contributed by atoms with Crippen molar-refractivity contribution in [3.8, 4) is 0 Å². The molecule has 72 valence electrons. The molecule has 0 aliphatic rings. The fraction of sp³-hybridized carbons (Fsp3) is 0.900. The molecule has 0 unspecified atom stereocenters. The number of carbonyl (C=O) groups is 1. The summed E-state index contributed by atoms with van der Waals surface area (Å²) >= 11 is 1.96. The van der Waals surface area contributed by atoms with Crippen molar-refractivity contribution in [3.63, 3.8) is 0 Å². The van der Waals surface area contributed by atoms with Crippen LogP contribution < -0.4 is 0 Å². The van der Waals surface area contributed by atoms with Crippen molar-refractivity contribution in [3.05, 3.63) is 0 Å². The zero-order valence-electron chi connectivity index (χ0n) is 8.43. The molecule has 2 heteroatoms. The summed E-state index contributed by atoms with van der Waals surface area (Å²) in [7, 11) is 0. The molecule has 0 bridgehead atoms. The molecule has 12 heavy (non-hydrogen) atoms. The Morgan fingerprint density at radius 1 is 1.33 bits per heavy atom. The highest BCUT2D eigenvalue weighted by molar-refractivity contribution is 7.99. The fourth-order valence-corrected chi connectivity index (χ4v) is 2.11. The molecule has 0 saturated heterocycles. The van der Waals surface area contributed by atoms with E-state index >= 15 is 0 Å². The lowest BCUT2D eigenvalue weighted by atomic mass is 10.00. The molecule has 0 heterocycles. The van der Waals surface area contributed by atoms with Crippen LogP contribution >= 0.6 is 11.8 Å². The number of ketones is 1. The Morgan fingerprint density at radius 2 is 2.00 bits per heavy atom. The van der Waals surface area contributed by atoms with Gasteiger partial charge in [-0.25, -0.2) is 0 Å². The number of thioether (sulfide) groups is 1. The van der Waals surface area contributed by atoms with Gasteiger partial charge in [-0.2, -0.15) is 11.8 Å². The fourth-order valence-electron chi connectivity index (χ4n) is 1.17. The van der Waals surface area contributed by atoms with Crippen LogP contribution in [0.4, 0.5) is 0 Å². The summed E-state index contributed by atoms with van der Waals surface area (Å²) in [5, 5.41) is 0. The van der Waals surface area contributed by atoms with Crippen LogP contribution in [0.5, 0.6) is 0 Å². The predicted molar refractivity (Wildman–Crippen MR) is 56.7 cm³/mol. The number of rotatable bonds is 7. The van der Waals surface area contributed by atoms with E-state index in [1.807, 2.05) is 11.8 Å². The quantitative estimate of drug-likeness (QED) is 0.571. The molecule has 0 spiro atoms. The van der Waals surface area contributed by atoms with Gasteiger partial charge in [-0.3, -0.25) is 4.79 Å². The summed E-state index contributed by atoms with van der Waals surface area (Å²) in [6.45, 7) is 5.99. The van der Waals surface area contributed by atoms with E-state index in [1.165, 1.54) is 12.2 Å². The molecule has 0 amide bonds. The molecule has 0 N–H and O–H groups in total. The molecule has 0 rings (SSSR count). The lowest BCUT2D eigenvalue weighted by Gasteiger charge is -2.09. The molecule has 0 aromatic heterocycles. The van der Waals surface area contributed by atoms with E-state index in [0.29, 0.717) is 11.7 Å². The van der Waals surface area contributed by atoms with Crippen molar-refractivity contribution in [2.24, 2.45) is 5.92 Å². The standard InChI is InChI=1S/C10H20OS/c1-4-7-12-8-6-10(5-2)9(3)11/h10H,4-8H2,1-3H3/t10-/m0/s1. The Labute approximate surface area is 80.3 Å². The van der Waals surface area contributed by atoms with Crippen LogP contribution in [0.3, 0.4) is 0 Å². The van der Waals surface area contributed by atoms with Gasteiger partial charge in [-0.15, -0.1) is 0 Å². The highest BCUT2D eigenvalue weighted by atomic mass is 32.2. The molecule has 0 aliphatic carbocycles. The molecule has 1 atom stereocenters. The maximum Gasteiger partial charge on any atom is 0.132 e. The van der Waals surface area contributed by atoms with Crippen LogP contribution in [0.1, 0.15) is 40.0 Å². The van der Waals surface area contributed by atoms with Gasteiger partial charge in [0.25, 0.3) is 0 Å². The summed E-state index contributed by atoms with van der Waals surface area (Å²) in [4.78, 5) is 11.0. The van der Waals surface area contributed by atoms with Crippen LogP contribution in [0.2, 0.25) is 0 Å². The van der Waals surface area contributed by atoms with Gasteiger partial charge in [-0.05, 0) is 37.7 Å². The smallest absolute Gasteiger partial charge is 0.132 e. The number of carbonyl (C=O) groups excluding carboxylic acids is 1. The van der Waals surface area contributed by atoms with Crippen molar-refractivity contribution in [2.45, 2.75) is 40.0 Å². The van der Waals surface area contributed by atoms with Crippen molar-refractivity contribution in [1.82, 2.24) is 0 Å². The molecular weight excluding hydrogens is 168 g/mol. The number of Topliss-reactive ketones (excluding diaryl/α,β-unsaturated/α-hetero) is 1. The summed E-state index contributed by atoms with van der Waals surface area (Å²) in [6, 6.07) is 0. The van der Waals surface area contributed by atoms with E-state index in [1.54, 1.807) is 6.92 Å². The summed E-state index contributed by atoms with van der Waals surface area (Å²) in [5.41, 5.74) is 0. The Balaban J connectivity index is 3.38. The van der Waals surface area contributed by atoms with Crippen molar-refractivity contribution in [2.75, 3.05) is 11.5 Å². The van der Waals surface area contributed by atoms with Crippen molar-refractivity contribution < 1.29 is 4.79 Å². The molecule has 0 saturated carbocycles. The van der Waals surface area contributed by atoms with Gasteiger partial charge in [-0.1, -0.05) is 13.8 Å². The Kier molecular flexibility index (Phi) is 7.67. The van der Waals surface area contributed by atoms with Crippen LogP contribution in [0.15, 0.2) is 0 Å². The first kappa shape index (κ1) is 12.0. The highest BCUT2D eigenvalue weighted by Gasteiger charge is 2.10. The minimum absolute atomic E-state index is 0.314. The van der Waals surface area contributed by atoms with Gasteiger partial charge in [0.1, 0.15) is 5.78 Å². The zero-order chi connectivity index (χ0) is 9.40. The molecule has 0 aromatic carbocycles. The third-order valence-corrected chi connectivity index (χ3v) is 3.25. The minimum atomic E-state index is 0.314. The maximum absolute atomic E-state index is 11.0. The van der Waals surface area contributed by atoms with Gasteiger partial charge in [0.15, 0.2) is 0 Å². The van der Waals surface area contributed by atoms with E-state index in [0.717, 1.165) is 18.6 Å². The van der Waals surface area contributed by atoms with Gasteiger partial charge in [0.2, 0.25) is 0 Å². The Hall–Kier alpha value is 0.0200. The third kappa shape index (κ3) is 5.64. The largest absolute Gasteiger partial charge is 0.300 e. The van der Waals surface area contributed by atoms with Crippen LogP contribution in [0, 0.1) is 5.92 Å². The normalized spacial score (nSPS) is 12.9. The number of hydrogen-bond donors (Lipinski definition) is 0. The molecule has 0 radical (unpaired) electrons. The van der Waals surface area contributed by atoms with Crippen LogP contribution in [-0.4, -0.2) is 17.3 Å². The average molecular weight is 188 g/mol. The molecule has 1 nitrogen and oxygen atoms in total. The first-order valence-electron chi connectivity index (χ1n) is 4.80. The number of hydrogen-bond acceptors (Lipinski definition) is 2. The third-order valence-electron chi connectivity index (χ3n) is 2.03. The van der Waals surface area contributed by atoms with E-state index in [4.69, 9.17) is 0 Å². The van der Waals surface area contributed by atoms with E-state index in [9.17, 15) is 4.79 Å². The topological polar surface area (TPSA) is 17.1 Å². The Morgan fingerprint density at radius 3 is 2.42 bits per heavy atom. The lowest BCUT2D eigenvalue weighted by Crippen LogP contribution is -2.10. The highest BCUT2D eigenvalue weighted by Crippen LogP contribution is 2.14. The van der Waals surface area contributed by atoms with E-state index in [-0.39, 0.29) is 0 Å². The summed E-state index contributed by atoms with van der Waals surface area (Å²) < 4.78 is 0. The van der Waals surface area contributed by atoms with E-state index in [2.05, 4.69) is 13.8 Å². The van der Waals surface area contributed by atoms with Crippen molar-refractivity contribution >= 4 is 17.5 Å².